The highest BCUT2D eigenvalue weighted by Gasteiger charge is 2.33. The van der Waals surface area contributed by atoms with Gasteiger partial charge in [-0.2, -0.15) is 0 Å². The molecule has 1 rings (SSSR count). The van der Waals surface area contributed by atoms with Crippen molar-refractivity contribution in [1.82, 2.24) is 47.9 Å². The molecule has 1 aliphatic heterocycles. The minimum atomic E-state index is -1.73. The van der Waals surface area contributed by atoms with Gasteiger partial charge in [-0.05, 0) is 45.6 Å². The van der Waals surface area contributed by atoms with Crippen molar-refractivity contribution in [3.8, 4) is 0 Å². The lowest BCUT2D eigenvalue weighted by Gasteiger charge is -2.25. The van der Waals surface area contributed by atoms with Crippen LogP contribution in [-0.4, -0.2) is 156 Å². The van der Waals surface area contributed by atoms with Crippen LogP contribution in [-0.2, 0) is 52.7 Å². The van der Waals surface area contributed by atoms with Gasteiger partial charge < -0.3 is 74.6 Å². The monoisotopic (exact) mass is 829 g/mol. The third kappa shape index (κ3) is 18.3. The predicted molar refractivity (Wildman–Crippen MR) is 198 cm³/mol. The second-order valence-corrected chi connectivity index (χ2v) is 13.2. The van der Waals surface area contributed by atoms with Crippen molar-refractivity contribution < 1.29 is 68.1 Å². The minimum Gasteiger partial charge on any atom is -0.480 e. The van der Waals surface area contributed by atoms with E-state index in [2.05, 4.69) is 42.5 Å². The molecule has 0 saturated carbocycles. The Bertz CT molecular complexity index is 1510. The van der Waals surface area contributed by atoms with Crippen LogP contribution in [0.15, 0.2) is 0 Å². The van der Waals surface area contributed by atoms with Crippen LogP contribution in [0.2, 0.25) is 0 Å². The van der Waals surface area contributed by atoms with Crippen LogP contribution in [0.25, 0.3) is 0 Å². The lowest BCUT2D eigenvalue weighted by atomic mass is 10.1. The molecule has 0 bridgehead atoms. The largest absolute Gasteiger partial charge is 0.480 e. The van der Waals surface area contributed by atoms with E-state index < -0.39 is 134 Å². The quantitative estimate of drug-likeness (QED) is 0.0342. The van der Waals surface area contributed by atoms with Crippen molar-refractivity contribution in [3.05, 3.63) is 0 Å². The van der Waals surface area contributed by atoms with Gasteiger partial charge in [-0.25, -0.2) is 4.79 Å². The Morgan fingerprint density at radius 2 is 1.24 bits per heavy atom. The van der Waals surface area contributed by atoms with E-state index >= 15 is 0 Å². The molecular formula is C33H55N11O14. The number of rotatable bonds is 27. The topological polar surface area (TPSA) is 409 Å². The number of carbonyl (C=O) groups is 11. The highest BCUT2D eigenvalue weighted by Crippen LogP contribution is 2.08. The van der Waals surface area contributed by atoms with Crippen molar-refractivity contribution in [3.63, 3.8) is 0 Å². The normalized spacial score (nSPS) is 16.4. The second kappa shape index (κ2) is 26.1. The molecule has 25 heteroatoms. The molecule has 25 nitrogen and oxygen atoms in total. The van der Waals surface area contributed by atoms with E-state index in [1.54, 1.807) is 6.92 Å². The first-order valence-electron chi connectivity index (χ1n) is 18.4. The molecule has 10 amide bonds. The number of carbonyl (C=O) groups excluding carboxylic acids is 10. The van der Waals surface area contributed by atoms with Crippen LogP contribution in [0.3, 0.4) is 0 Å². The van der Waals surface area contributed by atoms with E-state index in [9.17, 15) is 63.0 Å². The summed E-state index contributed by atoms with van der Waals surface area (Å²) in [6.07, 6.45) is 0.992. The van der Waals surface area contributed by atoms with Crippen LogP contribution in [0, 0.1) is 0 Å². The van der Waals surface area contributed by atoms with E-state index in [1.807, 2.05) is 5.32 Å². The van der Waals surface area contributed by atoms with Gasteiger partial charge in [0.1, 0.15) is 42.3 Å². The fourth-order valence-corrected chi connectivity index (χ4v) is 5.19. The molecule has 1 aliphatic rings. The molecule has 7 atom stereocenters. The Balaban J connectivity index is 2.77. The van der Waals surface area contributed by atoms with Gasteiger partial charge in [0.25, 0.3) is 0 Å². The maximum atomic E-state index is 13.3. The van der Waals surface area contributed by atoms with Crippen LogP contribution in [0.4, 0.5) is 0 Å². The van der Waals surface area contributed by atoms with E-state index in [-0.39, 0.29) is 38.1 Å². The Morgan fingerprint density at radius 1 is 0.707 bits per heavy atom. The smallest absolute Gasteiger partial charge is 0.326 e. The summed E-state index contributed by atoms with van der Waals surface area (Å²) in [6, 6.07) is -9.41. The third-order valence-electron chi connectivity index (χ3n) is 8.39. The molecule has 326 valence electrons. The average Bonchev–Trinajstić information content (AvgIpc) is 3.62. The molecule has 0 aromatic rings. The summed E-state index contributed by atoms with van der Waals surface area (Å²) in [7, 11) is 0. The van der Waals surface area contributed by atoms with Gasteiger partial charge in [-0.15, -0.1) is 0 Å². The van der Waals surface area contributed by atoms with Crippen molar-refractivity contribution in [2.24, 2.45) is 11.5 Å². The summed E-state index contributed by atoms with van der Waals surface area (Å²) in [5.74, 6) is -10.0. The number of aliphatic hydroxyl groups excluding tert-OH is 2. The predicted octanol–water partition coefficient (Wildman–Crippen LogP) is -7.70. The summed E-state index contributed by atoms with van der Waals surface area (Å²) in [5.41, 5.74) is 10.5. The fraction of sp³-hybridized carbons (Fsp3) is 0.667. The van der Waals surface area contributed by atoms with Gasteiger partial charge in [0, 0.05) is 6.42 Å². The Kier molecular flexibility index (Phi) is 22.5. The first-order chi connectivity index (χ1) is 27.4. The number of primary amides is 1. The maximum absolute atomic E-state index is 13.3. The number of carboxylic acids is 1. The van der Waals surface area contributed by atoms with Gasteiger partial charge in [0.05, 0.1) is 32.7 Å². The number of aliphatic hydroxyl groups is 2. The summed E-state index contributed by atoms with van der Waals surface area (Å²) in [4.78, 5) is 135. The van der Waals surface area contributed by atoms with Gasteiger partial charge >= 0.3 is 5.97 Å². The SMILES string of the molecule is CCC[C@H](NC(=O)[C@H](CO)NC(=O)[C@H](CCCCN)NC(=O)[C@H](C)NC(=O)[C@@H]1CCC(=O)N1)C(=O)NCC(=O)NCC(=O)N[C@@H](CO)C(=O)N[C@@H](CC(N)=O)C(=O)O. The highest BCUT2D eigenvalue weighted by molar-refractivity contribution is 5.98. The van der Waals surface area contributed by atoms with Crippen molar-refractivity contribution in [2.45, 2.75) is 108 Å². The first kappa shape index (κ1) is 50.1. The summed E-state index contributed by atoms with van der Waals surface area (Å²) >= 11 is 0. The Morgan fingerprint density at radius 3 is 1.78 bits per heavy atom. The molecule has 16 N–H and O–H groups in total. The molecule has 0 unspecified atom stereocenters. The summed E-state index contributed by atoms with van der Waals surface area (Å²) in [5, 5.41) is 49.2. The van der Waals surface area contributed by atoms with Crippen LogP contribution < -0.4 is 59.3 Å². The van der Waals surface area contributed by atoms with Gasteiger partial charge in [0.15, 0.2) is 0 Å². The lowest BCUT2D eigenvalue weighted by molar-refractivity contribution is -0.144. The second-order valence-electron chi connectivity index (χ2n) is 13.2. The average molecular weight is 830 g/mol. The zero-order valence-electron chi connectivity index (χ0n) is 32.2. The van der Waals surface area contributed by atoms with Gasteiger partial charge in [0.2, 0.25) is 59.1 Å². The molecule has 1 heterocycles. The fourth-order valence-electron chi connectivity index (χ4n) is 5.19. The van der Waals surface area contributed by atoms with E-state index in [0.29, 0.717) is 19.3 Å². The zero-order chi connectivity index (χ0) is 43.9. The molecule has 0 aromatic heterocycles. The molecule has 1 fully saturated rings. The molecule has 58 heavy (non-hydrogen) atoms. The van der Waals surface area contributed by atoms with E-state index in [1.165, 1.54) is 6.92 Å². The number of nitrogens with one attached hydrogen (secondary N) is 9. The van der Waals surface area contributed by atoms with Crippen LogP contribution >= 0.6 is 0 Å². The van der Waals surface area contributed by atoms with Crippen LogP contribution in [0.1, 0.15) is 65.2 Å². The molecule has 0 aromatic carbocycles. The molecule has 0 spiro atoms. The maximum Gasteiger partial charge on any atom is 0.326 e. The highest BCUT2D eigenvalue weighted by atomic mass is 16.4. The molecule has 0 radical (unpaired) electrons. The number of hydrogen-bond donors (Lipinski definition) is 14. The summed E-state index contributed by atoms with van der Waals surface area (Å²) < 4.78 is 0. The standard InChI is InChI=1S/C33H55N11O14/c1-3-6-17(28(52)37-12-25(49)36-13-26(50)40-21(14-45)31(55)43-20(33(57)58)11-23(35)47)42-32(56)22(15-46)44-30(54)18(7-4-5-10-34)41-27(51)16(2)38-29(53)19-8-9-24(48)39-19/h16-22,45-46H,3-15,34H2,1-2H3,(H2,35,47)(H,36,49)(H,37,52)(H,38,53)(H,39,48)(H,40,50)(H,41,51)(H,42,56)(H,43,55)(H,44,54)(H,57,58)/t16-,17-,18-,19-,20-,21-,22-/m0/s1. The molecule has 1 saturated heterocycles. The zero-order valence-corrected chi connectivity index (χ0v) is 32.2. The first-order valence-corrected chi connectivity index (χ1v) is 18.4. The van der Waals surface area contributed by atoms with Gasteiger partial charge in [-0.1, -0.05) is 13.3 Å². The van der Waals surface area contributed by atoms with Crippen molar-refractivity contribution in [2.75, 3.05) is 32.8 Å². The lowest BCUT2D eigenvalue weighted by Crippen LogP contribution is -2.59. The number of carboxylic acid groups (broad SMARTS) is 1. The number of unbranched alkanes of at least 4 members (excludes halogenated alkanes) is 1. The van der Waals surface area contributed by atoms with E-state index in [0.717, 1.165) is 0 Å². The van der Waals surface area contributed by atoms with Gasteiger partial charge in [-0.3, -0.25) is 47.9 Å². The van der Waals surface area contributed by atoms with Crippen molar-refractivity contribution in [1.29, 1.82) is 0 Å². The summed E-state index contributed by atoms with van der Waals surface area (Å²) in [6.45, 7) is -0.00753. The van der Waals surface area contributed by atoms with Crippen LogP contribution in [0.5, 0.6) is 0 Å². The third-order valence-corrected chi connectivity index (χ3v) is 8.39. The Hall–Kier alpha value is -5.95. The number of hydrogen-bond acceptors (Lipinski definition) is 14. The number of nitrogens with two attached hydrogens (primary N) is 2. The minimum absolute atomic E-state index is 0.0480. The molecule has 0 aliphatic carbocycles. The number of amides is 10. The number of aliphatic carboxylic acids is 1. The van der Waals surface area contributed by atoms with Crippen molar-refractivity contribution >= 4 is 65.0 Å². The Labute approximate surface area is 332 Å². The van der Waals surface area contributed by atoms with E-state index in [4.69, 9.17) is 16.6 Å². The molecular weight excluding hydrogens is 774 g/mol.